The Morgan fingerprint density at radius 3 is 1.74 bits per heavy atom. The highest BCUT2D eigenvalue weighted by molar-refractivity contribution is 6.11. The second-order valence-corrected chi connectivity index (χ2v) is 9.20. The lowest BCUT2D eigenvalue weighted by Crippen LogP contribution is -2.19. The van der Waals surface area contributed by atoms with Crippen molar-refractivity contribution in [1.82, 2.24) is 0 Å². The average Bonchev–Trinajstić information content (AvgIpc) is 2.80. The van der Waals surface area contributed by atoms with Gasteiger partial charge in [-0.1, -0.05) is 56.2 Å². The third-order valence-corrected chi connectivity index (χ3v) is 5.46. The molecule has 0 fully saturated rings. The molecule has 6 nitrogen and oxygen atoms in total. The third kappa shape index (κ3) is 7.10. The molecule has 0 heterocycles. The zero-order valence-corrected chi connectivity index (χ0v) is 21.4. The van der Waals surface area contributed by atoms with Crippen LogP contribution in [0.1, 0.15) is 59.4 Å². The summed E-state index contributed by atoms with van der Waals surface area (Å²) in [5.74, 6) is 0.345. The van der Waals surface area contributed by atoms with Crippen molar-refractivity contribution in [3.05, 3.63) is 48.0 Å². The minimum Gasteiger partial charge on any atom is -0.481 e. The summed E-state index contributed by atoms with van der Waals surface area (Å²) in [5.41, 5.74) is 1.18. The molecule has 0 N–H and O–H groups in total. The Hall–Kier alpha value is -3.28. The summed E-state index contributed by atoms with van der Waals surface area (Å²) in [5, 5.41) is 3.24. The van der Waals surface area contributed by atoms with E-state index in [1.165, 1.54) is 5.56 Å². The van der Waals surface area contributed by atoms with E-state index in [9.17, 15) is 9.59 Å². The van der Waals surface area contributed by atoms with Gasteiger partial charge in [0.25, 0.3) is 0 Å². The largest absolute Gasteiger partial charge is 0.481 e. The van der Waals surface area contributed by atoms with Crippen LogP contribution >= 0.6 is 0 Å². The third-order valence-electron chi connectivity index (χ3n) is 5.46. The second kappa shape index (κ2) is 12.4. The number of unbranched alkanes of at least 4 members (excludes halogenated alkanes) is 2. The number of esters is 2. The molecule has 0 radical (unpaired) electrons. The molecule has 35 heavy (non-hydrogen) atoms. The molecule has 0 saturated heterocycles. The quantitative estimate of drug-likeness (QED) is 0.170. The highest BCUT2D eigenvalue weighted by Gasteiger charge is 2.19. The molecule has 0 aromatic heterocycles. The van der Waals surface area contributed by atoms with Crippen LogP contribution < -0.4 is 9.47 Å². The second-order valence-electron chi connectivity index (χ2n) is 9.20. The summed E-state index contributed by atoms with van der Waals surface area (Å²) in [6.45, 7) is 9.01. The Bertz CT molecular complexity index is 1160. The topological polar surface area (TPSA) is 71.1 Å². The average molecular weight is 481 g/mol. The predicted molar refractivity (Wildman–Crippen MR) is 138 cm³/mol. The van der Waals surface area contributed by atoms with Crippen molar-refractivity contribution in [3.8, 4) is 11.5 Å². The van der Waals surface area contributed by atoms with Gasteiger partial charge in [-0.2, -0.15) is 0 Å². The first-order valence-corrected chi connectivity index (χ1v) is 12.4. The summed E-state index contributed by atoms with van der Waals surface area (Å²) >= 11 is 0. The van der Waals surface area contributed by atoms with Gasteiger partial charge in [-0.3, -0.25) is 0 Å². The number of hydrogen-bond acceptors (Lipinski definition) is 6. The van der Waals surface area contributed by atoms with Gasteiger partial charge >= 0.3 is 11.9 Å². The fourth-order valence-corrected chi connectivity index (χ4v) is 4.05. The van der Waals surface area contributed by atoms with Gasteiger partial charge in [-0.05, 0) is 52.2 Å². The van der Waals surface area contributed by atoms with Gasteiger partial charge in [-0.15, -0.1) is 0 Å². The molecule has 0 aliphatic rings. The highest BCUT2D eigenvalue weighted by atomic mass is 16.6. The van der Waals surface area contributed by atoms with E-state index in [1.807, 2.05) is 44.2 Å². The molecule has 188 valence electrons. The number of carbonyl (C=O) groups is 2. The molecule has 0 bridgehead atoms. The van der Waals surface area contributed by atoms with Gasteiger partial charge in [0.1, 0.15) is 11.5 Å². The Kier molecular flexibility index (Phi) is 9.35. The van der Waals surface area contributed by atoms with E-state index >= 15 is 0 Å². The molecule has 3 rings (SSSR count). The molecule has 0 spiro atoms. The first-order valence-electron chi connectivity index (χ1n) is 12.4. The van der Waals surface area contributed by atoms with E-state index < -0.39 is 11.9 Å². The van der Waals surface area contributed by atoms with Crippen LogP contribution in [0.4, 0.5) is 0 Å². The predicted octanol–water partition coefficient (Wildman–Crippen LogP) is 6.39. The van der Waals surface area contributed by atoms with Crippen LogP contribution in [0.3, 0.4) is 0 Å². The number of aryl methyl sites for hydroxylation is 1. The van der Waals surface area contributed by atoms with Crippen LogP contribution in [0.2, 0.25) is 0 Å². The van der Waals surface area contributed by atoms with Crippen molar-refractivity contribution in [2.45, 2.75) is 72.5 Å². The molecule has 0 amide bonds. The fourth-order valence-electron chi connectivity index (χ4n) is 4.05. The summed E-state index contributed by atoms with van der Waals surface area (Å²) < 4.78 is 22.6. The maximum atomic E-state index is 12.2. The van der Waals surface area contributed by atoms with Crippen molar-refractivity contribution in [1.29, 1.82) is 0 Å². The van der Waals surface area contributed by atoms with Crippen LogP contribution in [0.25, 0.3) is 21.5 Å². The molecule has 0 atom stereocenters. The van der Waals surface area contributed by atoms with Crippen molar-refractivity contribution < 1.29 is 28.5 Å². The van der Waals surface area contributed by atoms with E-state index in [0.29, 0.717) is 11.5 Å². The monoisotopic (exact) mass is 480 g/mol. The Morgan fingerprint density at radius 1 is 0.714 bits per heavy atom. The molecule has 3 aromatic rings. The van der Waals surface area contributed by atoms with Crippen LogP contribution in [0.15, 0.2) is 42.5 Å². The van der Waals surface area contributed by atoms with E-state index in [1.54, 1.807) is 13.8 Å². The van der Waals surface area contributed by atoms with Crippen LogP contribution in [0.5, 0.6) is 11.5 Å². The van der Waals surface area contributed by atoms with Crippen molar-refractivity contribution >= 4 is 33.5 Å². The van der Waals surface area contributed by atoms with Gasteiger partial charge < -0.3 is 18.9 Å². The maximum absolute atomic E-state index is 12.2. The molecule has 3 aromatic carbocycles. The number of fused-ring (bicyclic) bond motifs is 2. The molecular formula is C29H36O6. The summed E-state index contributed by atoms with van der Waals surface area (Å²) in [6.07, 6.45) is 3.92. The van der Waals surface area contributed by atoms with Crippen molar-refractivity contribution in [3.63, 3.8) is 0 Å². The van der Waals surface area contributed by atoms with E-state index in [2.05, 4.69) is 19.1 Å². The van der Waals surface area contributed by atoms with Gasteiger partial charge in [0.05, 0.1) is 12.2 Å². The molecule has 0 unspecified atom stereocenters. The summed E-state index contributed by atoms with van der Waals surface area (Å²) in [4.78, 5) is 24.5. The first-order chi connectivity index (χ1) is 16.8. The van der Waals surface area contributed by atoms with Crippen LogP contribution in [-0.2, 0) is 25.5 Å². The summed E-state index contributed by atoms with van der Waals surface area (Å²) in [6, 6.07) is 13.9. The number of ether oxygens (including phenoxy) is 4. The van der Waals surface area contributed by atoms with Gasteiger partial charge in [0.15, 0.2) is 13.2 Å². The molecule has 0 saturated carbocycles. The zero-order valence-electron chi connectivity index (χ0n) is 21.4. The summed E-state index contributed by atoms with van der Waals surface area (Å²) in [7, 11) is 0. The van der Waals surface area contributed by atoms with E-state index in [0.717, 1.165) is 47.2 Å². The van der Waals surface area contributed by atoms with Crippen molar-refractivity contribution in [2.75, 3.05) is 13.2 Å². The fraction of sp³-hybridized carbons (Fsp3) is 0.448. The first kappa shape index (κ1) is 26.3. The highest BCUT2D eigenvalue weighted by Crippen LogP contribution is 2.43. The standard InChI is InChI=1S/C29H36O6/c1-6-7-8-11-21-14-15-24-25(16-21)29(33-18-27(31)35-20(4)5)23-13-10-9-12-22(23)28(24)32-17-26(30)34-19(2)3/h9-10,12-16,19-20H,6-8,11,17-18H2,1-5H3. The number of hydrogen-bond donors (Lipinski definition) is 0. The Labute approximate surface area is 207 Å². The SMILES string of the molecule is CCCCCc1ccc2c(OCC(=O)OC(C)C)c3ccccc3c(OCC(=O)OC(C)C)c2c1. The number of rotatable bonds is 12. The minimum absolute atomic E-state index is 0.196. The molecule has 6 heteroatoms. The normalized spacial score (nSPS) is 11.3. The molecule has 0 aliphatic carbocycles. The molecule has 0 aliphatic heterocycles. The lowest BCUT2D eigenvalue weighted by molar-refractivity contribution is -0.150. The maximum Gasteiger partial charge on any atom is 0.344 e. The Morgan fingerprint density at radius 2 is 1.23 bits per heavy atom. The van der Waals surface area contributed by atoms with Gasteiger partial charge in [0, 0.05) is 21.5 Å². The van der Waals surface area contributed by atoms with Crippen LogP contribution in [0, 0.1) is 0 Å². The lowest BCUT2D eigenvalue weighted by Gasteiger charge is -2.19. The number of benzene rings is 3. The zero-order chi connectivity index (χ0) is 25.4. The number of carbonyl (C=O) groups excluding carboxylic acids is 2. The Balaban J connectivity index is 2.08. The van der Waals surface area contributed by atoms with Gasteiger partial charge in [0.2, 0.25) is 0 Å². The van der Waals surface area contributed by atoms with Crippen LogP contribution in [-0.4, -0.2) is 37.4 Å². The smallest absolute Gasteiger partial charge is 0.344 e. The lowest BCUT2D eigenvalue weighted by atomic mass is 9.97. The van der Waals surface area contributed by atoms with E-state index in [-0.39, 0.29) is 25.4 Å². The van der Waals surface area contributed by atoms with Crippen molar-refractivity contribution in [2.24, 2.45) is 0 Å². The van der Waals surface area contributed by atoms with E-state index in [4.69, 9.17) is 18.9 Å². The minimum atomic E-state index is -0.426. The van der Waals surface area contributed by atoms with Gasteiger partial charge in [-0.25, -0.2) is 9.59 Å². The molecular weight excluding hydrogens is 444 g/mol.